The molecule has 0 rings (SSSR count). The van der Waals surface area contributed by atoms with Gasteiger partial charge in [-0.2, -0.15) is 11.8 Å². The van der Waals surface area contributed by atoms with Crippen molar-refractivity contribution in [2.45, 2.75) is 45.1 Å². The number of nitrogens with one attached hydrogen (secondary N) is 1. The van der Waals surface area contributed by atoms with Gasteiger partial charge in [0.15, 0.2) is 0 Å². The molecule has 0 unspecified atom stereocenters. The van der Waals surface area contributed by atoms with Crippen LogP contribution < -0.4 is 5.32 Å². The average molecular weight is 247 g/mol. The highest BCUT2D eigenvalue weighted by atomic mass is 32.2. The molecule has 2 N–H and O–H groups in total. The van der Waals surface area contributed by atoms with Crippen LogP contribution in [0.4, 0.5) is 0 Å². The molecule has 4 nitrogen and oxygen atoms in total. The van der Waals surface area contributed by atoms with E-state index in [-0.39, 0.29) is 5.91 Å². The van der Waals surface area contributed by atoms with Gasteiger partial charge in [0, 0.05) is 6.42 Å². The first-order valence-electron chi connectivity index (χ1n) is 5.63. The fraction of sp³-hybridized carbons (Fsp3) is 0.818. The van der Waals surface area contributed by atoms with E-state index in [1.165, 1.54) is 0 Å². The fourth-order valence-electron chi connectivity index (χ4n) is 1.31. The highest BCUT2D eigenvalue weighted by molar-refractivity contribution is 7.98. The lowest BCUT2D eigenvalue weighted by atomic mass is 10.1. The molecule has 0 heterocycles. The molecule has 0 aliphatic rings. The summed E-state index contributed by atoms with van der Waals surface area (Å²) in [6.07, 6.45) is 5.47. The van der Waals surface area contributed by atoms with Gasteiger partial charge in [-0.1, -0.05) is 19.8 Å². The molecular formula is C11H21NO3S. The standard InChI is InChI=1S/C11H21NO3S/c1-3-4-6-9(11(14)15)12-10(13)7-5-8-16-2/h9H,3-8H2,1-2H3,(H,12,13)(H,14,15)/t9-/m0/s1. The summed E-state index contributed by atoms with van der Waals surface area (Å²) in [5.74, 6) is -0.163. The summed E-state index contributed by atoms with van der Waals surface area (Å²) < 4.78 is 0. The van der Waals surface area contributed by atoms with Crippen LogP contribution in [-0.2, 0) is 9.59 Å². The second-order valence-corrected chi connectivity index (χ2v) is 4.68. The Labute approximate surface area is 101 Å². The largest absolute Gasteiger partial charge is 0.480 e. The van der Waals surface area contributed by atoms with Gasteiger partial charge in [0.25, 0.3) is 0 Å². The number of thioether (sulfide) groups is 1. The molecule has 0 aromatic carbocycles. The van der Waals surface area contributed by atoms with E-state index in [2.05, 4.69) is 5.32 Å². The minimum absolute atomic E-state index is 0.155. The third-order valence-corrected chi connectivity index (χ3v) is 2.93. The van der Waals surface area contributed by atoms with Gasteiger partial charge < -0.3 is 10.4 Å². The first kappa shape index (κ1) is 15.3. The first-order valence-corrected chi connectivity index (χ1v) is 7.02. The van der Waals surface area contributed by atoms with Crippen molar-refractivity contribution in [3.05, 3.63) is 0 Å². The highest BCUT2D eigenvalue weighted by Crippen LogP contribution is 2.03. The van der Waals surface area contributed by atoms with E-state index in [1.807, 2.05) is 13.2 Å². The number of aliphatic carboxylic acids is 1. The van der Waals surface area contributed by atoms with Crippen molar-refractivity contribution in [3.8, 4) is 0 Å². The van der Waals surface area contributed by atoms with Gasteiger partial charge in [-0.05, 0) is 24.9 Å². The smallest absolute Gasteiger partial charge is 0.326 e. The molecule has 5 heteroatoms. The SMILES string of the molecule is CCCC[C@H](NC(=O)CCCSC)C(=O)O. The van der Waals surface area contributed by atoms with Gasteiger partial charge in [0.1, 0.15) is 6.04 Å². The molecule has 0 saturated heterocycles. The lowest BCUT2D eigenvalue weighted by Gasteiger charge is -2.13. The van der Waals surface area contributed by atoms with Crippen molar-refractivity contribution in [2.75, 3.05) is 12.0 Å². The Hall–Kier alpha value is -0.710. The molecular weight excluding hydrogens is 226 g/mol. The summed E-state index contributed by atoms with van der Waals surface area (Å²) in [4.78, 5) is 22.3. The lowest BCUT2D eigenvalue weighted by molar-refractivity contribution is -0.142. The normalized spacial score (nSPS) is 12.1. The van der Waals surface area contributed by atoms with Crippen LogP contribution >= 0.6 is 11.8 Å². The van der Waals surface area contributed by atoms with Crippen LogP contribution in [0.5, 0.6) is 0 Å². The summed E-state index contributed by atoms with van der Waals surface area (Å²) in [5, 5.41) is 11.5. The Morgan fingerprint density at radius 3 is 2.56 bits per heavy atom. The molecule has 0 radical (unpaired) electrons. The van der Waals surface area contributed by atoms with Gasteiger partial charge in [0.05, 0.1) is 0 Å². The summed E-state index contributed by atoms with van der Waals surface area (Å²) in [5.41, 5.74) is 0. The molecule has 1 atom stereocenters. The zero-order chi connectivity index (χ0) is 12.4. The van der Waals surface area contributed by atoms with E-state index in [0.29, 0.717) is 12.8 Å². The average Bonchev–Trinajstić information content (AvgIpc) is 2.24. The number of carbonyl (C=O) groups excluding carboxylic acids is 1. The van der Waals surface area contributed by atoms with Crippen LogP contribution in [0.15, 0.2) is 0 Å². The Morgan fingerprint density at radius 2 is 2.06 bits per heavy atom. The zero-order valence-electron chi connectivity index (χ0n) is 9.99. The van der Waals surface area contributed by atoms with Crippen LogP contribution in [0.3, 0.4) is 0 Å². The predicted octanol–water partition coefficient (Wildman–Crippen LogP) is 1.89. The summed E-state index contributed by atoms with van der Waals surface area (Å²) in [6.45, 7) is 2.00. The molecule has 0 aromatic rings. The van der Waals surface area contributed by atoms with Crippen molar-refractivity contribution >= 4 is 23.6 Å². The molecule has 94 valence electrons. The van der Waals surface area contributed by atoms with Crippen molar-refractivity contribution in [1.82, 2.24) is 5.32 Å². The van der Waals surface area contributed by atoms with E-state index >= 15 is 0 Å². The predicted molar refractivity (Wildman–Crippen MR) is 66.7 cm³/mol. The maximum atomic E-state index is 11.4. The van der Waals surface area contributed by atoms with Crippen molar-refractivity contribution in [1.29, 1.82) is 0 Å². The lowest BCUT2D eigenvalue weighted by Crippen LogP contribution is -2.40. The number of carbonyl (C=O) groups is 2. The molecule has 0 aliphatic heterocycles. The van der Waals surface area contributed by atoms with Crippen LogP contribution in [0.25, 0.3) is 0 Å². The number of carboxylic acid groups (broad SMARTS) is 1. The summed E-state index contributed by atoms with van der Waals surface area (Å²) in [6, 6.07) is -0.721. The summed E-state index contributed by atoms with van der Waals surface area (Å²) in [7, 11) is 0. The summed E-state index contributed by atoms with van der Waals surface area (Å²) >= 11 is 1.69. The first-order chi connectivity index (χ1) is 7.61. The van der Waals surface area contributed by atoms with Crippen LogP contribution in [-0.4, -0.2) is 35.0 Å². The molecule has 0 aromatic heterocycles. The second-order valence-electron chi connectivity index (χ2n) is 3.70. The fourth-order valence-corrected chi connectivity index (χ4v) is 1.74. The van der Waals surface area contributed by atoms with Gasteiger partial charge in [-0.3, -0.25) is 4.79 Å². The molecule has 0 bridgehead atoms. The maximum Gasteiger partial charge on any atom is 0.326 e. The molecule has 0 saturated carbocycles. The number of rotatable bonds is 9. The van der Waals surface area contributed by atoms with Crippen molar-refractivity contribution in [2.24, 2.45) is 0 Å². The van der Waals surface area contributed by atoms with E-state index < -0.39 is 12.0 Å². The molecule has 0 aliphatic carbocycles. The third kappa shape index (κ3) is 7.56. The maximum absolute atomic E-state index is 11.4. The quantitative estimate of drug-likeness (QED) is 0.611. The Bertz CT molecular complexity index is 221. The van der Waals surface area contributed by atoms with Crippen LogP contribution in [0.2, 0.25) is 0 Å². The van der Waals surface area contributed by atoms with Gasteiger partial charge in [0.2, 0.25) is 5.91 Å². The highest BCUT2D eigenvalue weighted by Gasteiger charge is 2.18. The van der Waals surface area contributed by atoms with Crippen molar-refractivity contribution in [3.63, 3.8) is 0 Å². The van der Waals surface area contributed by atoms with Gasteiger partial charge in [-0.15, -0.1) is 0 Å². The molecule has 0 spiro atoms. The van der Waals surface area contributed by atoms with Crippen LogP contribution in [0.1, 0.15) is 39.0 Å². The number of carboxylic acids is 1. The zero-order valence-corrected chi connectivity index (χ0v) is 10.8. The topological polar surface area (TPSA) is 66.4 Å². The molecule has 16 heavy (non-hydrogen) atoms. The van der Waals surface area contributed by atoms with Gasteiger partial charge >= 0.3 is 5.97 Å². The minimum Gasteiger partial charge on any atom is -0.480 e. The number of hydrogen-bond donors (Lipinski definition) is 2. The van der Waals surface area contributed by atoms with E-state index in [0.717, 1.165) is 25.0 Å². The van der Waals surface area contributed by atoms with E-state index in [1.54, 1.807) is 11.8 Å². The Balaban J connectivity index is 3.88. The second kappa shape index (κ2) is 9.51. The Morgan fingerprint density at radius 1 is 1.38 bits per heavy atom. The Kier molecular flexibility index (Phi) is 9.09. The molecule has 0 fully saturated rings. The monoisotopic (exact) mass is 247 g/mol. The minimum atomic E-state index is -0.938. The van der Waals surface area contributed by atoms with E-state index in [4.69, 9.17) is 5.11 Å². The number of amides is 1. The van der Waals surface area contributed by atoms with Crippen molar-refractivity contribution < 1.29 is 14.7 Å². The number of unbranched alkanes of at least 4 members (excludes halogenated alkanes) is 1. The van der Waals surface area contributed by atoms with E-state index in [9.17, 15) is 9.59 Å². The van der Waals surface area contributed by atoms with Crippen LogP contribution in [0, 0.1) is 0 Å². The van der Waals surface area contributed by atoms with Gasteiger partial charge in [-0.25, -0.2) is 4.79 Å². The molecule has 1 amide bonds. The number of hydrogen-bond acceptors (Lipinski definition) is 3. The third-order valence-electron chi connectivity index (χ3n) is 2.23.